The molecule has 110 valence electrons. The number of para-hydroxylation sites is 1. The van der Waals surface area contributed by atoms with Crippen LogP contribution in [0.5, 0.6) is 0 Å². The van der Waals surface area contributed by atoms with Crippen molar-refractivity contribution in [2.24, 2.45) is 0 Å². The molecule has 0 spiro atoms. The first-order valence-corrected chi connectivity index (χ1v) is 7.77. The van der Waals surface area contributed by atoms with Crippen molar-refractivity contribution in [3.63, 3.8) is 0 Å². The molecule has 20 heavy (non-hydrogen) atoms. The van der Waals surface area contributed by atoms with Crippen LogP contribution in [0.3, 0.4) is 0 Å². The van der Waals surface area contributed by atoms with Crippen LogP contribution < -0.4 is 10.2 Å². The quantitative estimate of drug-likeness (QED) is 0.831. The Balaban J connectivity index is 2.15. The van der Waals surface area contributed by atoms with Crippen molar-refractivity contribution in [3.05, 3.63) is 29.8 Å². The van der Waals surface area contributed by atoms with Gasteiger partial charge in [0.1, 0.15) is 0 Å². The van der Waals surface area contributed by atoms with Crippen LogP contribution in [0.2, 0.25) is 0 Å². The lowest BCUT2D eigenvalue weighted by molar-refractivity contribution is -0.117. The van der Waals surface area contributed by atoms with E-state index >= 15 is 0 Å². The second-order valence-corrected chi connectivity index (χ2v) is 5.75. The Hall–Kier alpha value is -1.35. The minimum absolute atomic E-state index is 0.134. The number of unbranched alkanes of at least 4 members (excludes halogenated alkanes) is 2. The van der Waals surface area contributed by atoms with E-state index in [1.54, 1.807) is 6.92 Å². The fourth-order valence-corrected chi connectivity index (χ4v) is 3.14. The fourth-order valence-electron chi connectivity index (χ4n) is 3.14. The van der Waals surface area contributed by atoms with Gasteiger partial charge in [-0.05, 0) is 37.9 Å². The van der Waals surface area contributed by atoms with E-state index in [1.165, 1.54) is 24.8 Å². The highest BCUT2D eigenvalue weighted by Crippen LogP contribution is 2.36. The summed E-state index contributed by atoms with van der Waals surface area (Å²) in [4.78, 5) is 13.8. The number of anilines is 1. The second kappa shape index (κ2) is 6.89. The van der Waals surface area contributed by atoms with Crippen molar-refractivity contribution in [3.8, 4) is 0 Å². The molecule has 3 nitrogen and oxygen atoms in total. The van der Waals surface area contributed by atoms with E-state index in [-0.39, 0.29) is 11.9 Å². The Kier molecular flexibility index (Phi) is 5.18. The van der Waals surface area contributed by atoms with Crippen LogP contribution in [0.4, 0.5) is 5.69 Å². The van der Waals surface area contributed by atoms with Gasteiger partial charge in [0.15, 0.2) is 0 Å². The van der Waals surface area contributed by atoms with Crippen LogP contribution in [0.15, 0.2) is 24.3 Å². The van der Waals surface area contributed by atoms with Gasteiger partial charge in [-0.15, -0.1) is 0 Å². The van der Waals surface area contributed by atoms with E-state index in [2.05, 4.69) is 37.4 Å². The molecule has 1 heterocycles. The SMILES string of the molecule is CCCCCN[C@@H]1C[C@H](C)N(C(C)=O)c2ccccc21. The van der Waals surface area contributed by atoms with E-state index < -0.39 is 0 Å². The largest absolute Gasteiger partial charge is 0.310 e. The molecule has 1 N–H and O–H groups in total. The Labute approximate surface area is 122 Å². The van der Waals surface area contributed by atoms with E-state index in [0.717, 1.165) is 18.7 Å². The first kappa shape index (κ1) is 15.0. The topological polar surface area (TPSA) is 32.3 Å². The summed E-state index contributed by atoms with van der Waals surface area (Å²) >= 11 is 0. The molecular weight excluding hydrogens is 248 g/mol. The van der Waals surface area contributed by atoms with Crippen LogP contribution in [0, 0.1) is 0 Å². The number of hydrogen-bond acceptors (Lipinski definition) is 2. The summed E-state index contributed by atoms with van der Waals surface area (Å²) in [7, 11) is 0. The van der Waals surface area contributed by atoms with Gasteiger partial charge in [-0.3, -0.25) is 4.79 Å². The maximum atomic E-state index is 11.9. The first-order valence-electron chi connectivity index (χ1n) is 7.77. The summed E-state index contributed by atoms with van der Waals surface area (Å²) in [5.41, 5.74) is 2.34. The van der Waals surface area contributed by atoms with Gasteiger partial charge in [0.25, 0.3) is 0 Å². The molecule has 2 atom stereocenters. The van der Waals surface area contributed by atoms with Crippen molar-refractivity contribution < 1.29 is 4.79 Å². The predicted molar refractivity (Wildman–Crippen MR) is 83.9 cm³/mol. The summed E-state index contributed by atoms with van der Waals surface area (Å²) < 4.78 is 0. The molecule has 1 aliphatic heterocycles. The summed E-state index contributed by atoms with van der Waals surface area (Å²) in [6.45, 7) is 7.07. The van der Waals surface area contributed by atoms with Crippen LogP contribution in [0.1, 0.15) is 58.1 Å². The number of nitrogens with one attached hydrogen (secondary N) is 1. The Bertz CT molecular complexity index is 458. The zero-order chi connectivity index (χ0) is 14.5. The third-order valence-corrected chi connectivity index (χ3v) is 4.10. The Morgan fingerprint density at radius 2 is 2.10 bits per heavy atom. The average Bonchev–Trinajstić information content (AvgIpc) is 2.43. The number of hydrogen-bond donors (Lipinski definition) is 1. The number of benzene rings is 1. The average molecular weight is 274 g/mol. The third-order valence-electron chi connectivity index (χ3n) is 4.10. The number of carbonyl (C=O) groups excluding carboxylic acids is 1. The molecule has 3 heteroatoms. The van der Waals surface area contributed by atoms with Crippen LogP contribution in [-0.2, 0) is 4.79 Å². The number of carbonyl (C=O) groups is 1. The summed E-state index contributed by atoms with van der Waals surface area (Å²) in [5, 5.41) is 3.66. The van der Waals surface area contributed by atoms with E-state index in [1.807, 2.05) is 11.0 Å². The fraction of sp³-hybridized carbons (Fsp3) is 0.588. The summed E-state index contributed by atoms with van der Waals surface area (Å²) in [6.07, 6.45) is 4.73. The molecule has 0 radical (unpaired) electrons. The number of amides is 1. The normalized spacial score (nSPS) is 21.6. The second-order valence-electron chi connectivity index (χ2n) is 5.75. The molecule has 0 saturated heterocycles. The van der Waals surface area contributed by atoms with Gasteiger partial charge >= 0.3 is 0 Å². The molecule has 2 rings (SSSR count). The smallest absolute Gasteiger partial charge is 0.224 e. The first-order chi connectivity index (χ1) is 9.65. The van der Waals surface area contributed by atoms with E-state index in [4.69, 9.17) is 0 Å². The standard InChI is InChI=1S/C17H26N2O/c1-4-5-8-11-18-16-12-13(2)19(14(3)20)17-10-7-6-9-15(16)17/h6-7,9-10,13,16,18H,4-5,8,11-12H2,1-3H3/t13-,16+/m0/s1. The summed E-state index contributed by atoms with van der Waals surface area (Å²) in [5.74, 6) is 0.134. The van der Waals surface area contributed by atoms with Crippen molar-refractivity contribution in [1.82, 2.24) is 5.32 Å². The Morgan fingerprint density at radius 1 is 1.35 bits per heavy atom. The molecule has 0 aliphatic carbocycles. The van der Waals surface area contributed by atoms with E-state index in [9.17, 15) is 4.79 Å². The molecule has 1 aromatic carbocycles. The van der Waals surface area contributed by atoms with Crippen LogP contribution in [0.25, 0.3) is 0 Å². The van der Waals surface area contributed by atoms with Gasteiger partial charge in [-0.25, -0.2) is 0 Å². The monoisotopic (exact) mass is 274 g/mol. The molecule has 1 aliphatic rings. The zero-order valence-electron chi connectivity index (χ0n) is 12.9. The molecule has 1 aromatic rings. The zero-order valence-corrected chi connectivity index (χ0v) is 12.9. The number of rotatable bonds is 5. The predicted octanol–water partition coefficient (Wildman–Crippen LogP) is 3.65. The van der Waals surface area contributed by atoms with Gasteiger partial charge in [0.2, 0.25) is 5.91 Å². The van der Waals surface area contributed by atoms with Gasteiger partial charge in [-0.2, -0.15) is 0 Å². The van der Waals surface area contributed by atoms with Crippen molar-refractivity contribution in [2.45, 2.75) is 58.5 Å². The maximum absolute atomic E-state index is 11.9. The number of nitrogens with zero attached hydrogens (tertiary/aromatic N) is 1. The van der Waals surface area contributed by atoms with Gasteiger partial charge in [0.05, 0.1) is 0 Å². The summed E-state index contributed by atoms with van der Waals surface area (Å²) in [6, 6.07) is 8.91. The molecule has 0 bridgehead atoms. The minimum atomic E-state index is 0.134. The minimum Gasteiger partial charge on any atom is -0.310 e. The Morgan fingerprint density at radius 3 is 2.80 bits per heavy atom. The molecule has 1 amide bonds. The number of fused-ring (bicyclic) bond motifs is 1. The van der Waals surface area contributed by atoms with Crippen molar-refractivity contribution in [2.75, 3.05) is 11.4 Å². The lowest BCUT2D eigenvalue weighted by Crippen LogP contribution is -2.44. The van der Waals surface area contributed by atoms with E-state index in [0.29, 0.717) is 6.04 Å². The van der Waals surface area contributed by atoms with Gasteiger partial charge < -0.3 is 10.2 Å². The van der Waals surface area contributed by atoms with Crippen LogP contribution >= 0.6 is 0 Å². The van der Waals surface area contributed by atoms with Crippen molar-refractivity contribution in [1.29, 1.82) is 0 Å². The molecule has 0 unspecified atom stereocenters. The lowest BCUT2D eigenvalue weighted by atomic mass is 9.91. The molecule has 0 aromatic heterocycles. The van der Waals surface area contributed by atoms with Gasteiger partial charge in [0, 0.05) is 24.7 Å². The van der Waals surface area contributed by atoms with Gasteiger partial charge in [-0.1, -0.05) is 38.0 Å². The third kappa shape index (κ3) is 3.21. The highest BCUT2D eigenvalue weighted by molar-refractivity contribution is 5.93. The molecule has 0 saturated carbocycles. The van der Waals surface area contributed by atoms with Crippen molar-refractivity contribution >= 4 is 11.6 Å². The maximum Gasteiger partial charge on any atom is 0.224 e. The lowest BCUT2D eigenvalue weighted by Gasteiger charge is -2.39. The highest BCUT2D eigenvalue weighted by Gasteiger charge is 2.31. The van der Waals surface area contributed by atoms with Crippen LogP contribution in [-0.4, -0.2) is 18.5 Å². The molecular formula is C17H26N2O. The molecule has 0 fully saturated rings. The highest BCUT2D eigenvalue weighted by atomic mass is 16.2.